The molecule has 0 radical (unpaired) electrons. The second-order valence-corrected chi connectivity index (χ2v) is 8.43. The number of thiocarbonyl (C=S) groups is 2. The van der Waals surface area contributed by atoms with Crippen molar-refractivity contribution in [1.82, 2.24) is 29.9 Å². The Hall–Kier alpha value is -4.88. The first-order valence-corrected chi connectivity index (χ1v) is 13.3. The van der Waals surface area contributed by atoms with E-state index in [0.29, 0.717) is 22.8 Å². The normalized spacial score (nSPS) is 9.21. The van der Waals surface area contributed by atoms with Crippen LogP contribution in [0.3, 0.4) is 0 Å². The molecular formula is C32H22N8RuS2. The third-order valence-corrected chi connectivity index (χ3v) is 5.47. The summed E-state index contributed by atoms with van der Waals surface area (Å²) in [6.07, 6.45) is 10.3. The van der Waals surface area contributed by atoms with Gasteiger partial charge in [-0.05, 0) is 97.2 Å². The molecule has 0 bridgehead atoms. The summed E-state index contributed by atoms with van der Waals surface area (Å²) >= 11 is 9.12. The molecule has 0 N–H and O–H groups in total. The van der Waals surface area contributed by atoms with Crippen molar-refractivity contribution in [3.63, 3.8) is 0 Å². The van der Waals surface area contributed by atoms with Crippen molar-refractivity contribution in [3.05, 3.63) is 134 Å². The molecule has 6 aromatic rings. The minimum atomic E-state index is 0. The van der Waals surface area contributed by atoms with Crippen LogP contribution in [0.2, 0.25) is 0 Å². The molecule has 0 aliphatic carbocycles. The fourth-order valence-corrected chi connectivity index (χ4v) is 3.63. The Balaban J connectivity index is 0.000000180. The topological polar surface area (TPSA) is 102 Å². The van der Waals surface area contributed by atoms with E-state index in [9.17, 15) is 0 Å². The summed E-state index contributed by atoms with van der Waals surface area (Å²) in [6.45, 7) is 0. The Morgan fingerprint density at radius 2 is 0.698 bits per heavy atom. The zero-order valence-electron chi connectivity index (χ0n) is 22.4. The van der Waals surface area contributed by atoms with Gasteiger partial charge in [0.25, 0.3) is 0 Å². The Morgan fingerprint density at radius 3 is 0.953 bits per heavy atom. The van der Waals surface area contributed by atoms with Crippen molar-refractivity contribution in [1.29, 1.82) is 0 Å². The molecule has 0 unspecified atom stereocenters. The van der Waals surface area contributed by atoms with E-state index in [2.05, 4.69) is 74.6 Å². The number of pyridine rings is 6. The van der Waals surface area contributed by atoms with Crippen molar-refractivity contribution < 1.29 is 19.5 Å². The van der Waals surface area contributed by atoms with E-state index in [1.807, 2.05) is 72.8 Å². The molecule has 0 amide bonds. The van der Waals surface area contributed by atoms with Gasteiger partial charge in [0.1, 0.15) is 0 Å². The average Bonchev–Trinajstić information content (AvgIpc) is 3.08. The van der Waals surface area contributed by atoms with E-state index in [-0.39, 0.29) is 19.5 Å². The minimum absolute atomic E-state index is 0. The number of isothiocyanates is 2. The number of aromatic nitrogens is 6. The Kier molecular flexibility index (Phi) is 14.1. The van der Waals surface area contributed by atoms with E-state index < -0.39 is 0 Å². The Labute approximate surface area is 272 Å². The van der Waals surface area contributed by atoms with Crippen LogP contribution in [0.1, 0.15) is 0 Å². The van der Waals surface area contributed by atoms with Gasteiger partial charge in [0.2, 0.25) is 0 Å². The first kappa shape index (κ1) is 32.6. The summed E-state index contributed by atoms with van der Waals surface area (Å²) in [5.74, 6) is 0. The quantitative estimate of drug-likeness (QED) is 0.103. The second kappa shape index (κ2) is 18.5. The SMILES string of the molecule is S=C=Nc1ccnc(-c2cc(N=C=S)ccn2)c1.[Ru].c1ccc(-c2ccccn2)nc1.c1ccc(-c2ccccn2)nc1. The van der Waals surface area contributed by atoms with Gasteiger partial charge < -0.3 is 0 Å². The molecule has 0 saturated heterocycles. The first-order chi connectivity index (χ1) is 20.8. The van der Waals surface area contributed by atoms with Crippen LogP contribution in [-0.2, 0) is 19.5 Å². The van der Waals surface area contributed by atoms with Gasteiger partial charge in [-0.1, -0.05) is 24.3 Å². The standard InChI is InChI=1S/C12H6N4S2.2C10H8N2.Ru/c17-7-15-9-1-3-13-11(5-9)12-6-10(16-8-18)2-4-14-12;2*1-3-7-11-9(5-1)10-6-2-4-8-12-10;/h1-6H;2*1-8H;. The maximum absolute atomic E-state index is 4.56. The molecule has 0 aliphatic heterocycles. The molecule has 43 heavy (non-hydrogen) atoms. The van der Waals surface area contributed by atoms with Crippen molar-refractivity contribution >= 4 is 46.1 Å². The predicted octanol–water partition coefficient (Wildman–Crippen LogP) is 7.90. The smallest absolute Gasteiger partial charge is 0.0908 e. The van der Waals surface area contributed by atoms with Gasteiger partial charge in [0.15, 0.2) is 0 Å². The molecule has 8 nitrogen and oxygen atoms in total. The van der Waals surface area contributed by atoms with Gasteiger partial charge in [-0.25, -0.2) is 0 Å². The molecule has 11 heteroatoms. The maximum atomic E-state index is 4.56. The summed E-state index contributed by atoms with van der Waals surface area (Å²) in [7, 11) is 0. The number of hydrogen-bond donors (Lipinski definition) is 0. The molecule has 6 aromatic heterocycles. The van der Waals surface area contributed by atoms with Crippen molar-refractivity contribution in [2.24, 2.45) is 9.98 Å². The molecule has 6 heterocycles. The fraction of sp³-hybridized carbons (Fsp3) is 0. The van der Waals surface area contributed by atoms with Crippen LogP contribution in [0.4, 0.5) is 11.4 Å². The number of aliphatic imine (C=N–C) groups is 2. The van der Waals surface area contributed by atoms with Crippen LogP contribution < -0.4 is 0 Å². The summed E-state index contributed by atoms with van der Waals surface area (Å²) < 4.78 is 0. The third kappa shape index (κ3) is 10.8. The van der Waals surface area contributed by atoms with Crippen LogP contribution in [0, 0.1) is 0 Å². The van der Waals surface area contributed by atoms with Gasteiger partial charge in [0, 0.05) is 56.7 Å². The largest absolute Gasteiger partial charge is 0.255 e. The summed E-state index contributed by atoms with van der Waals surface area (Å²) in [5.41, 5.74) is 6.39. The van der Waals surface area contributed by atoms with Gasteiger partial charge in [-0.3, -0.25) is 29.9 Å². The van der Waals surface area contributed by atoms with E-state index >= 15 is 0 Å². The van der Waals surface area contributed by atoms with Crippen LogP contribution in [0.15, 0.2) is 144 Å². The summed E-state index contributed by atoms with van der Waals surface area (Å²) in [4.78, 5) is 33.0. The molecule has 6 rings (SSSR count). The van der Waals surface area contributed by atoms with Gasteiger partial charge >= 0.3 is 0 Å². The number of hydrogen-bond acceptors (Lipinski definition) is 10. The van der Waals surface area contributed by atoms with E-state index in [1.165, 1.54) is 0 Å². The predicted molar refractivity (Wildman–Crippen MR) is 172 cm³/mol. The third-order valence-electron chi connectivity index (χ3n) is 5.28. The zero-order chi connectivity index (χ0) is 29.2. The summed E-state index contributed by atoms with van der Waals surface area (Å²) in [6, 6.07) is 30.2. The number of nitrogens with zero attached hydrogens (tertiary/aromatic N) is 8. The fourth-order valence-electron chi connectivity index (χ4n) is 3.42. The van der Waals surface area contributed by atoms with Crippen LogP contribution in [0.25, 0.3) is 34.2 Å². The van der Waals surface area contributed by atoms with Crippen molar-refractivity contribution in [2.75, 3.05) is 0 Å². The Bertz CT molecular complexity index is 1570. The molecule has 0 aromatic carbocycles. The van der Waals surface area contributed by atoms with Crippen LogP contribution in [0.5, 0.6) is 0 Å². The second-order valence-electron chi connectivity index (χ2n) is 8.06. The molecular weight excluding hydrogens is 662 g/mol. The maximum Gasteiger partial charge on any atom is 0.0908 e. The van der Waals surface area contributed by atoms with Gasteiger partial charge in [-0.15, -0.1) is 0 Å². The van der Waals surface area contributed by atoms with Crippen molar-refractivity contribution in [2.45, 2.75) is 0 Å². The van der Waals surface area contributed by atoms with Crippen LogP contribution >= 0.6 is 24.4 Å². The monoisotopic (exact) mass is 684 g/mol. The first-order valence-electron chi connectivity index (χ1n) is 12.5. The zero-order valence-corrected chi connectivity index (χ0v) is 25.8. The molecule has 0 spiro atoms. The average molecular weight is 684 g/mol. The minimum Gasteiger partial charge on any atom is -0.255 e. The summed E-state index contributed by atoms with van der Waals surface area (Å²) in [5, 5.41) is 4.62. The molecule has 0 saturated carbocycles. The molecule has 0 fully saturated rings. The van der Waals surface area contributed by atoms with E-state index in [0.717, 1.165) is 22.8 Å². The van der Waals surface area contributed by atoms with Gasteiger partial charge in [0.05, 0.1) is 55.9 Å². The van der Waals surface area contributed by atoms with E-state index in [1.54, 1.807) is 61.4 Å². The molecule has 210 valence electrons. The molecule has 0 atom stereocenters. The van der Waals surface area contributed by atoms with E-state index in [4.69, 9.17) is 0 Å². The number of rotatable bonds is 5. The van der Waals surface area contributed by atoms with Gasteiger partial charge in [-0.2, -0.15) is 9.98 Å². The van der Waals surface area contributed by atoms with Crippen molar-refractivity contribution in [3.8, 4) is 34.2 Å². The molecule has 0 aliphatic rings. The Morgan fingerprint density at radius 1 is 0.395 bits per heavy atom. The van der Waals surface area contributed by atoms with Crippen LogP contribution in [-0.4, -0.2) is 40.2 Å².